The molecule has 4 saturated heterocycles. The van der Waals surface area contributed by atoms with Crippen molar-refractivity contribution in [3.8, 4) is 0 Å². The fourth-order valence-corrected chi connectivity index (χ4v) is 9.33. The van der Waals surface area contributed by atoms with Crippen molar-refractivity contribution >= 4 is 28.6 Å². The van der Waals surface area contributed by atoms with Gasteiger partial charge in [0.05, 0.1) is 65.0 Å². The molecular formula is C45H54IN3O12. The number of ether oxygens (including phenoxy) is 11. The maximum absolute atomic E-state index is 13.5. The van der Waals surface area contributed by atoms with Gasteiger partial charge in [-0.15, -0.1) is 5.10 Å². The lowest BCUT2D eigenvalue weighted by molar-refractivity contribution is -0.265. The maximum Gasteiger partial charge on any atom is 0.319 e. The summed E-state index contributed by atoms with van der Waals surface area (Å²) in [5.74, 6) is -2.76. The van der Waals surface area contributed by atoms with Gasteiger partial charge < -0.3 is 52.1 Å². The van der Waals surface area contributed by atoms with Crippen molar-refractivity contribution in [3.05, 3.63) is 120 Å². The van der Waals surface area contributed by atoms with Gasteiger partial charge in [-0.2, -0.15) is 0 Å². The SMILES string of the molecule is COC(=O)[C@@H](I)[C@@H]1[C@@H](OCc2ccccc2)[C@@H](OCc2ccccc2)[C@@H](COCc2ccccc2)O[C@H]1n1cc(COC[C@H]2O[C@@H]3OC(C)(C)O[C@@H]3[C@H]3OC(C)(C)O[C@H]32)nn1. The number of esters is 1. The van der Waals surface area contributed by atoms with E-state index >= 15 is 0 Å². The molecule has 0 bridgehead atoms. The normalized spacial score (nSPS) is 30.7. The highest BCUT2D eigenvalue weighted by atomic mass is 127. The summed E-state index contributed by atoms with van der Waals surface area (Å²) < 4.78 is 70.4. The van der Waals surface area contributed by atoms with Crippen molar-refractivity contribution in [2.75, 3.05) is 20.3 Å². The van der Waals surface area contributed by atoms with E-state index in [9.17, 15) is 4.79 Å². The zero-order chi connectivity index (χ0) is 42.6. The molecule has 328 valence electrons. The summed E-state index contributed by atoms with van der Waals surface area (Å²) in [6, 6.07) is 29.7. The van der Waals surface area contributed by atoms with E-state index in [1.54, 1.807) is 10.9 Å². The van der Waals surface area contributed by atoms with E-state index in [1.807, 2.05) is 119 Å². The zero-order valence-corrected chi connectivity index (χ0v) is 37.1. The van der Waals surface area contributed by atoms with Crippen LogP contribution in [0.25, 0.3) is 0 Å². The lowest BCUT2D eigenvalue weighted by atomic mass is 9.86. The number of carbonyl (C=O) groups is 1. The maximum atomic E-state index is 13.5. The average molecular weight is 956 g/mol. The molecule has 4 aromatic rings. The lowest BCUT2D eigenvalue weighted by Crippen LogP contribution is -2.59. The fraction of sp³-hybridized carbons (Fsp3) is 0.533. The smallest absolute Gasteiger partial charge is 0.319 e. The van der Waals surface area contributed by atoms with Crippen LogP contribution in [0.1, 0.15) is 56.3 Å². The first-order chi connectivity index (χ1) is 29.5. The summed E-state index contributed by atoms with van der Waals surface area (Å²) in [6.45, 7) is 8.75. The third-order valence-electron chi connectivity index (χ3n) is 11.0. The van der Waals surface area contributed by atoms with Crippen LogP contribution in [0.5, 0.6) is 0 Å². The Bertz CT molecular complexity index is 2010. The summed E-state index contributed by atoms with van der Waals surface area (Å²) in [5, 5.41) is 9.02. The van der Waals surface area contributed by atoms with Gasteiger partial charge in [-0.3, -0.25) is 4.79 Å². The van der Waals surface area contributed by atoms with Gasteiger partial charge in [0.2, 0.25) is 0 Å². The number of carbonyl (C=O) groups excluding carboxylic acids is 1. The summed E-state index contributed by atoms with van der Waals surface area (Å²) in [5.41, 5.74) is 3.48. The van der Waals surface area contributed by atoms with Crippen molar-refractivity contribution in [1.29, 1.82) is 0 Å². The molecule has 1 aromatic heterocycles. The largest absolute Gasteiger partial charge is 0.468 e. The second-order valence-corrected chi connectivity index (χ2v) is 17.8. The molecule has 0 spiro atoms. The van der Waals surface area contributed by atoms with E-state index in [0.29, 0.717) is 12.3 Å². The molecule has 5 heterocycles. The molecule has 0 saturated carbocycles. The number of fused-ring (bicyclic) bond motifs is 3. The summed E-state index contributed by atoms with van der Waals surface area (Å²) in [6.07, 6.45) is -3.51. The predicted molar refractivity (Wildman–Crippen MR) is 226 cm³/mol. The van der Waals surface area contributed by atoms with Gasteiger partial charge in [0.25, 0.3) is 0 Å². The molecule has 11 atom stereocenters. The van der Waals surface area contributed by atoms with E-state index in [2.05, 4.69) is 32.9 Å². The number of aromatic nitrogens is 3. The molecule has 0 amide bonds. The first kappa shape index (κ1) is 44.2. The van der Waals surface area contributed by atoms with Crippen LogP contribution < -0.4 is 0 Å². The highest BCUT2D eigenvalue weighted by Gasteiger charge is 2.61. The minimum absolute atomic E-state index is 0.0981. The molecule has 61 heavy (non-hydrogen) atoms. The molecule has 0 radical (unpaired) electrons. The van der Waals surface area contributed by atoms with Crippen molar-refractivity contribution in [2.24, 2.45) is 5.92 Å². The molecule has 15 nitrogen and oxygen atoms in total. The number of alkyl halides is 1. The van der Waals surface area contributed by atoms with E-state index in [-0.39, 0.29) is 33.0 Å². The fourth-order valence-electron chi connectivity index (χ4n) is 8.31. The Morgan fingerprint density at radius 3 is 1.87 bits per heavy atom. The lowest BCUT2D eigenvalue weighted by Gasteiger charge is -2.47. The second-order valence-electron chi connectivity index (χ2n) is 16.5. The highest BCUT2D eigenvalue weighted by molar-refractivity contribution is 14.1. The van der Waals surface area contributed by atoms with Crippen molar-refractivity contribution in [2.45, 2.75) is 125 Å². The zero-order valence-electron chi connectivity index (χ0n) is 34.9. The molecule has 4 aliphatic rings. The Labute approximate surface area is 369 Å². The third-order valence-corrected chi connectivity index (χ3v) is 12.4. The monoisotopic (exact) mass is 955 g/mol. The minimum Gasteiger partial charge on any atom is -0.468 e. The van der Waals surface area contributed by atoms with Crippen molar-refractivity contribution < 1.29 is 56.9 Å². The molecule has 8 rings (SSSR count). The average Bonchev–Trinajstić information content (AvgIpc) is 3.96. The summed E-state index contributed by atoms with van der Waals surface area (Å²) >= 11 is 2.11. The first-order valence-corrected chi connectivity index (χ1v) is 21.9. The van der Waals surface area contributed by atoms with Gasteiger partial charge in [-0.05, 0) is 44.4 Å². The molecule has 16 heteroatoms. The van der Waals surface area contributed by atoms with Crippen molar-refractivity contribution in [3.63, 3.8) is 0 Å². The predicted octanol–water partition coefficient (Wildman–Crippen LogP) is 6.07. The van der Waals surface area contributed by atoms with Crippen LogP contribution in [0.2, 0.25) is 0 Å². The van der Waals surface area contributed by atoms with Crippen molar-refractivity contribution in [1.82, 2.24) is 15.0 Å². The number of hydrogen-bond acceptors (Lipinski definition) is 14. The van der Waals surface area contributed by atoms with Gasteiger partial charge >= 0.3 is 5.97 Å². The Morgan fingerprint density at radius 2 is 1.23 bits per heavy atom. The van der Waals surface area contributed by atoms with Gasteiger partial charge in [0, 0.05) is 0 Å². The van der Waals surface area contributed by atoms with E-state index in [1.165, 1.54) is 7.11 Å². The Morgan fingerprint density at radius 1 is 0.689 bits per heavy atom. The molecule has 3 aromatic carbocycles. The van der Waals surface area contributed by atoms with Crippen LogP contribution in [-0.4, -0.2) is 106 Å². The summed E-state index contributed by atoms with van der Waals surface area (Å²) in [4.78, 5) is 13.5. The second kappa shape index (κ2) is 19.6. The number of hydrogen-bond donors (Lipinski definition) is 0. The Balaban J connectivity index is 1.05. The number of halogens is 1. The molecule has 4 fully saturated rings. The number of benzene rings is 3. The third kappa shape index (κ3) is 10.7. The number of rotatable bonds is 17. The summed E-state index contributed by atoms with van der Waals surface area (Å²) in [7, 11) is 1.37. The topological polar surface area (TPSA) is 149 Å². The Kier molecular flexibility index (Phi) is 14.2. The molecule has 0 unspecified atom stereocenters. The molecule has 0 N–H and O–H groups in total. The van der Waals surface area contributed by atoms with Gasteiger partial charge in [0.1, 0.15) is 46.2 Å². The van der Waals surface area contributed by atoms with Crippen LogP contribution in [0, 0.1) is 5.92 Å². The molecule has 4 aliphatic heterocycles. The standard InChI is InChI=1S/C45H54IN3O12/c1-44(2)58-37-33(57-43-40(39(37)59-44)60-45(3,4)61-43)27-53-25-31-21-49(48-47-31)41-34(35(46)42(50)51-5)38(55-24-30-19-13-8-14-20-30)36(54-23-29-17-11-7-12-18-29)32(56-41)26-52-22-28-15-9-6-10-16-28/h6-21,32-41,43H,22-27H2,1-5H3/t32-,33-,34-,35+,36+,37+,38-,39+,40-,41-,43-/m1/s1. The quantitative estimate of drug-likeness (QED) is 0.0685. The Hall–Kier alpha value is -3.40. The first-order valence-electron chi connectivity index (χ1n) is 20.6. The minimum atomic E-state index is -0.849. The van der Waals surface area contributed by atoms with Gasteiger partial charge in [0.15, 0.2) is 24.1 Å². The molecular weight excluding hydrogens is 901 g/mol. The van der Waals surface area contributed by atoms with E-state index in [0.717, 1.165) is 16.7 Å². The van der Waals surface area contributed by atoms with Crippen LogP contribution in [0.4, 0.5) is 0 Å². The van der Waals surface area contributed by atoms with Crippen LogP contribution in [-0.2, 0) is 83.3 Å². The van der Waals surface area contributed by atoms with E-state index < -0.39 is 82.6 Å². The molecule has 0 aliphatic carbocycles. The van der Waals surface area contributed by atoms with Crippen LogP contribution in [0.15, 0.2) is 97.2 Å². The number of methoxy groups -OCH3 is 1. The van der Waals surface area contributed by atoms with Crippen LogP contribution >= 0.6 is 22.6 Å². The highest BCUT2D eigenvalue weighted by Crippen LogP contribution is 2.45. The van der Waals surface area contributed by atoms with Crippen LogP contribution in [0.3, 0.4) is 0 Å². The van der Waals surface area contributed by atoms with Gasteiger partial charge in [-0.1, -0.05) is 119 Å². The van der Waals surface area contributed by atoms with Gasteiger partial charge in [-0.25, -0.2) is 4.68 Å². The number of nitrogens with zero attached hydrogens (tertiary/aromatic N) is 3. The van der Waals surface area contributed by atoms with E-state index in [4.69, 9.17) is 52.1 Å².